The Hall–Kier alpha value is -1.12. The van der Waals surface area contributed by atoms with Crippen LogP contribution in [0.2, 0.25) is 0 Å². The smallest absolute Gasteiger partial charge is 0.185 e. The molecule has 0 aliphatic heterocycles. The van der Waals surface area contributed by atoms with E-state index in [-0.39, 0.29) is 11.7 Å². The van der Waals surface area contributed by atoms with Crippen molar-refractivity contribution >= 4 is 5.78 Å². The van der Waals surface area contributed by atoms with E-state index in [2.05, 4.69) is 11.9 Å². The summed E-state index contributed by atoms with van der Waals surface area (Å²) in [7, 11) is 1.90. The summed E-state index contributed by atoms with van der Waals surface area (Å²) in [5.41, 5.74) is 0.643. The van der Waals surface area contributed by atoms with Gasteiger partial charge in [0.05, 0.1) is 6.33 Å². The first-order chi connectivity index (χ1) is 7.70. The quantitative estimate of drug-likeness (QED) is 0.734. The van der Waals surface area contributed by atoms with Gasteiger partial charge >= 0.3 is 0 Å². The molecule has 1 heterocycles. The Balaban J connectivity index is 2.04. The molecule has 3 heteroatoms. The lowest BCUT2D eigenvalue weighted by atomic mass is 9.78. The van der Waals surface area contributed by atoms with Gasteiger partial charge < -0.3 is 4.57 Å². The Labute approximate surface area is 96.9 Å². The number of nitrogens with zero attached hydrogens (tertiary/aromatic N) is 2. The topological polar surface area (TPSA) is 34.9 Å². The second-order valence-electron chi connectivity index (χ2n) is 4.93. The maximum atomic E-state index is 12.2. The number of carbonyl (C=O) groups excluding carboxylic acids is 1. The zero-order valence-corrected chi connectivity index (χ0v) is 10.1. The molecule has 2 rings (SSSR count). The van der Waals surface area contributed by atoms with Crippen molar-refractivity contribution in [2.75, 3.05) is 0 Å². The van der Waals surface area contributed by atoms with Crippen LogP contribution in [-0.2, 0) is 7.05 Å². The summed E-state index contributed by atoms with van der Waals surface area (Å²) in [5.74, 6) is 1.21. The number of hydrogen-bond acceptors (Lipinski definition) is 2. The molecule has 0 aromatic carbocycles. The Morgan fingerprint density at radius 1 is 1.56 bits per heavy atom. The molecule has 88 valence electrons. The summed E-state index contributed by atoms with van der Waals surface area (Å²) in [6.45, 7) is 2.22. The van der Waals surface area contributed by atoms with Gasteiger partial charge in [-0.05, 0) is 18.8 Å². The van der Waals surface area contributed by atoms with Gasteiger partial charge in [-0.15, -0.1) is 0 Å². The molecule has 1 aromatic rings. The highest BCUT2D eigenvalue weighted by molar-refractivity contribution is 5.95. The summed E-state index contributed by atoms with van der Waals surface area (Å²) >= 11 is 0. The standard InChI is InChI=1S/C13H20N2O/c1-3-10-5-4-6-11(7-10)13(16)12-8-15(2)9-14-12/h8-11H,3-7H2,1-2H3. The summed E-state index contributed by atoms with van der Waals surface area (Å²) in [5, 5.41) is 0. The van der Waals surface area contributed by atoms with Gasteiger partial charge in [0.25, 0.3) is 0 Å². The van der Waals surface area contributed by atoms with E-state index in [0.29, 0.717) is 5.69 Å². The molecule has 1 aliphatic rings. The first-order valence-corrected chi connectivity index (χ1v) is 6.23. The van der Waals surface area contributed by atoms with Crippen molar-refractivity contribution in [2.45, 2.75) is 39.0 Å². The van der Waals surface area contributed by atoms with Gasteiger partial charge in [-0.2, -0.15) is 0 Å². The highest BCUT2D eigenvalue weighted by atomic mass is 16.1. The van der Waals surface area contributed by atoms with Crippen LogP contribution in [0, 0.1) is 11.8 Å². The summed E-state index contributed by atoms with van der Waals surface area (Å²) in [6.07, 6.45) is 9.33. The van der Waals surface area contributed by atoms with Gasteiger partial charge in [0, 0.05) is 19.2 Å². The Morgan fingerprint density at radius 2 is 2.38 bits per heavy atom. The minimum absolute atomic E-state index is 0.216. The van der Waals surface area contributed by atoms with E-state index in [0.717, 1.165) is 18.8 Å². The summed E-state index contributed by atoms with van der Waals surface area (Å²) in [6, 6.07) is 0. The maximum absolute atomic E-state index is 12.2. The summed E-state index contributed by atoms with van der Waals surface area (Å²) < 4.78 is 1.84. The normalized spacial score (nSPS) is 25.6. The number of hydrogen-bond donors (Lipinski definition) is 0. The van der Waals surface area contributed by atoms with E-state index >= 15 is 0 Å². The van der Waals surface area contributed by atoms with Gasteiger partial charge in [0.1, 0.15) is 5.69 Å². The van der Waals surface area contributed by atoms with E-state index in [4.69, 9.17) is 0 Å². The molecule has 1 fully saturated rings. The zero-order valence-electron chi connectivity index (χ0n) is 10.1. The second-order valence-corrected chi connectivity index (χ2v) is 4.93. The molecular formula is C13H20N2O. The Bertz CT molecular complexity index is 370. The van der Waals surface area contributed by atoms with E-state index in [1.54, 1.807) is 6.33 Å². The average molecular weight is 220 g/mol. The SMILES string of the molecule is CCC1CCCC(C(=O)c2cn(C)cn2)C1. The molecule has 0 saturated heterocycles. The van der Waals surface area contributed by atoms with Crippen molar-refractivity contribution in [1.29, 1.82) is 0 Å². The van der Waals surface area contributed by atoms with Gasteiger partial charge in [-0.3, -0.25) is 4.79 Å². The van der Waals surface area contributed by atoms with E-state index in [1.807, 2.05) is 17.8 Å². The van der Waals surface area contributed by atoms with E-state index in [9.17, 15) is 4.79 Å². The van der Waals surface area contributed by atoms with Crippen LogP contribution in [0.1, 0.15) is 49.5 Å². The van der Waals surface area contributed by atoms with Crippen molar-refractivity contribution in [1.82, 2.24) is 9.55 Å². The van der Waals surface area contributed by atoms with Gasteiger partial charge in [0.15, 0.2) is 5.78 Å². The van der Waals surface area contributed by atoms with E-state index in [1.165, 1.54) is 19.3 Å². The molecule has 1 saturated carbocycles. The second kappa shape index (κ2) is 4.81. The van der Waals surface area contributed by atoms with Gasteiger partial charge in [-0.25, -0.2) is 4.98 Å². The van der Waals surface area contributed by atoms with Crippen LogP contribution < -0.4 is 0 Å². The fourth-order valence-electron chi connectivity index (χ4n) is 2.65. The molecule has 0 bridgehead atoms. The average Bonchev–Trinajstić information content (AvgIpc) is 2.75. The third-order valence-corrected chi connectivity index (χ3v) is 3.69. The molecule has 3 nitrogen and oxygen atoms in total. The van der Waals surface area contributed by atoms with Crippen LogP contribution in [0.25, 0.3) is 0 Å². The van der Waals surface area contributed by atoms with Crippen LogP contribution in [0.15, 0.2) is 12.5 Å². The number of aryl methyl sites for hydroxylation is 1. The third kappa shape index (κ3) is 2.34. The molecule has 0 radical (unpaired) electrons. The molecule has 0 spiro atoms. The lowest BCUT2D eigenvalue weighted by Crippen LogP contribution is -2.23. The molecule has 2 unspecified atom stereocenters. The molecular weight excluding hydrogens is 200 g/mol. The van der Waals surface area contributed by atoms with Crippen molar-refractivity contribution in [3.05, 3.63) is 18.2 Å². The monoisotopic (exact) mass is 220 g/mol. The molecule has 0 amide bonds. The van der Waals surface area contributed by atoms with Crippen molar-refractivity contribution in [3.63, 3.8) is 0 Å². The van der Waals surface area contributed by atoms with Gasteiger partial charge in [-0.1, -0.05) is 26.2 Å². The highest BCUT2D eigenvalue weighted by Gasteiger charge is 2.27. The highest BCUT2D eigenvalue weighted by Crippen LogP contribution is 2.32. The molecule has 1 aromatic heterocycles. The number of imidazole rings is 1. The predicted octanol–water partition coefficient (Wildman–Crippen LogP) is 2.82. The number of carbonyl (C=O) groups is 1. The van der Waals surface area contributed by atoms with Crippen LogP contribution in [0.4, 0.5) is 0 Å². The number of Topliss-reactive ketones (excluding diaryl/α,β-unsaturated/α-hetero) is 1. The molecule has 0 N–H and O–H groups in total. The molecule has 16 heavy (non-hydrogen) atoms. The summed E-state index contributed by atoms with van der Waals surface area (Å²) in [4.78, 5) is 16.4. The van der Waals surface area contributed by atoms with Crippen LogP contribution >= 0.6 is 0 Å². The Kier molecular flexibility index (Phi) is 3.42. The van der Waals surface area contributed by atoms with Crippen LogP contribution in [-0.4, -0.2) is 15.3 Å². The van der Waals surface area contributed by atoms with Crippen LogP contribution in [0.3, 0.4) is 0 Å². The third-order valence-electron chi connectivity index (χ3n) is 3.69. The first-order valence-electron chi connectivity index (χ1n) is 6.23. The van der Waals surface area contributed by atoms with Gasteiger partial charge in [0.2, 0.25) is 0 Å². The predicted molar refractivity (Wildman–Crippen MR) is 63.3 cm³/mol. The number of aromatic nitrogens is 2. The minimum Gasteiger partial charge on any atom is -0.340 e. The lowest BCUT2D eigenvalue weighted by Gasteiger charge is -2.26. The largest absolute Gasteiger partial charge is 0.340 e. The molecule has 1 aliphatic carbocycles. The fraction of sp³-hybridized carbons (Fsp3) is 0.692. The fourth-order valence-corrected chi connectivity index (χ4v) is 2.65. The van der Waals surface area contributed by atoms with E-state index < -0.39 is 0 Å². The van der Waals surface area contributed by atoms with Crippen LogP contribution in [0.5, 0.6) is 0 Å². The zero-order chi connectivity index (χ0) is 11.5. The Morgan fingerprint density at radius 3 is 3.00 bits per heavy atom. The minimum atomic E-state index is 0.216. The maximum Gasteiger partial charge on any atom is 0.185 e. The van der Waals surface area contributed by atoms with Crippen molar-refractivity contribution in [2.24, 2.45) is 18.9 Å². The lowest BCUT2D eigenvalue weighted by molar-refractivity contribution is 0.0857. The van der Waals surface area contributed by atoms with Crippen molar-refractivity contribution in [3.8, 4) is 0 Å². The molecule has 2 atom stereocenters. The number of rotatable bonds is 3. The first kappa shape index (κ1) is 11.4. The number of ketones is 1. The van der Waals surface area contributed by atoms with Crippen molar-refractivity contribution < 1.29 is 4.79 Å².